The molecule has 4 rings (SSSR count). The van der Waals surface area contributed by atoms with E-state index in [1.807, 2.05) is 24.3 Å². The van der Waals surface area contributed by atoms with Crippen LogP contribution in [0, 0.1) is 0 Å². The lowest BCUT2D eigenvalue weighted by molar-refractivity contribution is 0.0551. The van der Waals surface area contributed by atoms with Crippen LogP contribution in [-0.2, 0) is 13.0 Å². The van der Waals surface area contributed by atoms with E-state index in [4.69, 9.17) is 9.47 Å². The molecule has 0 bridgehead atoms. The maximum absolute atomic E-state index is 12.2. The number of para-hydroxylation sites is 2. The summed E-state index contributed by atoms with van der Waals surface area (Å²) in [6.45, 7) is 3.27. The zero-order chi connectivity index (χ0) is 17.4. The van der Waals surface area contributed by atoms with Gasteiger partial charge in [-0.25, -0.2) is 0 Å². The van der Waals surface area contributed by atoms with Crippen molar-refractivity contribution < 1.29 is 14.3 Å². The molecule has 1 atom stereocenters. The van der Waals surface area contributed by atoms with Crippen molar-refractivity contribution in [3.8, 4) is 11.5 Å². The van der Waals surface area contributed by atoms with Crippen molar-refractivity contribution in [2.24, 2.45) is 0 Å². The predicted molar refractivity (Wildman–Crippen MR) is 97.7 cm³/mol. The van der Waals surface area contributed by atoms with Gasteiger partial charge in [0.1, 0.15) is 12.7 Å². The highest BCUT2D eigenvalue weighted by Gasteiger charge is 2.27. The Hall–Kier alpha value is -2.05. The van der Waals surface area contributed by atoms with Crippen LogP contribution in [0.3, 0.4) is 0 Å². The average molecular weight is 358 g/mol. The maximum atomic E-state index is 12.2. The van der Waals surface area contributed by atoms with Crippen LogP contribution in [0.2, 0.25) is 0 Å². The molecule has 0 saturated carbocycles. The van der Waals surface area contributed by atoms with E-state index >= 15 is 0 Å². The molecule has 2 aliphatic rings. The Labute approximate surface area is 151 Å². The van der Waals surface area contributed by atoms with Crippen molar-refractivity contribution in [1.82, 2.24) is 9.80 Å². The highest BCUT2D eigenvalue weighted by Crippen LogP contribution is 2.32. The molecule has 0 radical (unpaired) electrons. The molecule has 3 heterocycles. The van der Waals surface area contributed by atoms with Gasteiger partial charge in [-0.2, -0.15) is 0 Å². The van der Waals surface area contributed by atoms with Gasteiger partial charge in [0.25, 0.3) is 5.91 Å². The van der Waals surface area contributed by atoms with E-state index in [2.05, 4.69) is 11.0 Å². The van der Waals surface area contributed by atoms with Crippen LogP contribution >= 0.6 is 11.3 Å². The molecule has 5 nitrogen and oxygen atoms in total. The van der Waals surface area contributed by atoms with E-state index in [-0.39, 0.29) is 12.0 Å². The number of ether oxygens (including phenoxy) is 2. The molecule has 1 amide bonds. The molecule has 6 heteroatoms. The molecule has 0 saturated heterocycles. The zero-order valence-corrected chi connectivity index (χ0v) is 15.3. The van der Waals surface area contributed by atoms with Gasteiger partial charge in [-0.15, -0.1) is 11.3 Å². The van der Waals surface area contributed by atoms with Crippen LogP contribution in [0.4, 0.5) is 0 Å². The Morgan fingerprint density at radius 2 is 2.12 bits per heavy atom. The van der Waals surface area contributed by atoms with E-state index in [9.17, 15) is 4.79 Å². The molecule has 1 aromatic carbocycles. The largest absolute Gasteiger partial charge is 0.486 e. The lowest BCUT2D eigenvalue weighted by Crippen LogP contribution is -2.42. The SMILES string of the molecule is CN(C)C(=O)c1cc2c(s1)CCN(C[C@@H]1COc3ccccc3O1)C2. The van der Waals surface area contributed by atoms with Crippen LogP contribution in [-0.4, -0.2) is 55.6 Å². The zero-order valence-electron chi connectivity index (χ0n) is 14.5. The minimum Gasteiger partial charge on any atom is -0.486 e. The summed E-state index contributed by atoms with van der Waals surface area (Å²) in [7, 11) is 3.59. The Morgan fingerprint density at radius 3 is 2.92 bits per heavy atom. The fourth-order valence-electron chi connectivity index (χ4n) is 3.31. The smallest absolute Gasteiger partial charge is 0.263 e. The standard InChI is InChI=1S/C19H22N2O3S/c1-20(2)19(22)18-9-13-10-21(8-7-17(13)25-18)11-14-12-23-15-5-3-4-6-16(15)24-14/h3-6,9,14H,7-8,10-12H2,1-2H3/t14-/m1/s1. The van der Waals surface area contributed by atoms with E-state index in [1.165, 1.54) is 10.4 Å². The van der Waals surface area contributed by atoms with Crippen molar-refractivity contribution in [3.63, 3.8) is 0 Å². The first-order valence-corrected chi connectivity index (χ1v) is 9.36. The number of hydrogen-bond acceptors (Lipinski definition) is 5. The van der Waals surface area contributed by atoms with Crippen molar-refractivity contribution in [1.29, 1.82) is 0 Å². The second kappa shape index (κ2) is 6.69. The van der Waals surface area contributed by atoms with E-state index < -0.39 is 0 Å². The summed E-state index contributed by atoms with van der Waals surface area (Å²) in [5.74, 6) is 1.74. The van der Waals surface area contributed by atoms with Gasteiger partial charge in [0.2, 0.25) is 0 Å². The molecule has 0 aliphatic carbocycles. The van der Waals surface area contributed by atoms with E-state index in [1.54, 1.807) is 30.3 Å². The van der Waals surface area contributed by atoms with Crippen LogP contribution in [0.5, 0.6) is 11.5 Å². The minimum atomic E-state index is 0.0398. The van der Waals surface area contributed by atoms with Crippen LogP contribution in [0.15, 0.2) is 30.3 Å². The highest BCUT2D eigenvalue weighted by atomic mass is 32.1. The number of nitrogens with zero attached hydrogens (tertiary/aromatic N) is 2. The Morgan fingerprint density at radius 1 is 1.32 bits per heavy atom. The second-order valence-corrected chi connectivity index (χ2v) is 7.88. The van der Waals surface area contributed by atoms with E-state index in [0.717, 1.165) is 42.4 Å². The molecular formula is C19H22N2O3S. The van der Waals surface area contributed by atoms with Gasteiger partial charge in [-0.1, -0.05) is 12.1 Å². The molecule has 2 aliphatic heterocycles. The lowest BCUT2D eigenvalue weighted by atomic mass is 10.1. The normalized spacial score (nSPS) is 19.4. The molecule has 0 fully saturated rings. The third kappa shape index (κ3) is 3.37. The summed E-state index contributed by atoms with van der Waals surface area (Å²) in [6, 6.07) is 9.87. The number of amides is 1. The fraction of sp³-hybridized carbons (Fsp3) is 0.421. The fourth-order valence-corrected chi connectivity index (χ4v) is 4.50. The summed E-state index contributed by atoms with van der Waals surface area (Å²) in [5.41, 5.74) is 1.28. The quantitative estimate of drug-likeness (QED) is 0.846. The Kier molecular flexibility index (Phi) is 4.39. The summed E-state index contributed by atoms with van der Waals surface area (Å²) >= 11 is 1.64. The van der Waals surface area contributed by atoms with Gasteiger partial charge in [0.15, 0.2) is 11.5 Å². The first kappa shape index (κ1) is 16.4. The summed E-state index contributed by atoms with van der Waals surface area (Å²) in [6.07, 6.45) is 1.03. The first-order valence-electron chi connectivity index (χ1n) is 8.54. The molecule has 1 aromatic heterocycles. The topological polar surface area (TPSA) is 42.0 Å². The highest BCUT2D eigenvalue weighted by molar-refractivity contribution is 7.14. The Bertz CT molecular complexity index is 787. The van der Waals surface area contributed by atoms with Gasteiger partial charge >= 0.3 is 0 Å². The third-order valence-electron chi connectivity index (χ3n) is 4.59. The maximum Gasteiger partial charge on any atom is 0.263 e. The second-order valence-electron chi connectivity index (χ2n) is 6.74. The van der Waals surface area contributed by atoms with Gasteiger partial charge in [0.05, 0.1) is 4.88 Å². The van der Waals surface area contributed by atoms with Gasteiger partial charge in [-0.05, 0) is 30.2 Å². The minimum absolute atomic E-state index is 0.0398. The number of thiophene rings is 1. The number of rotatable bonds is 3. The third-order valence-corrected chi connectivity index (χ3v) is 5.82. The molecule has 25 heavy (non-hydrogen) atoms. The van der Waals surface area contributed by atoms with Gasteiger partial charge in [-0.3, -0.25) is 9.69 Å². The molecule has 132 valence electrons. The number of carbonyl (C=O) groups excluding carboxylic acids is 1. The molecular weight excluding hydrogens is 336 g/mol. The predicted octanol–water partition coefficient (Wildman–Crippen LogP) is 2.65. The Balaban J connectivity index is 1.41. The summed E-state index contributed by atoms with van der Waals surface area (Å²) in [5, 5.41) is 0. The van der Waals surface area contributed by atoms with Crippen LogP contribution < -0.4 is 9.47 Å². The van der Waals surface area contributed by atoms with Crippen molar-refractivity contribution >= 4 is 17.2 Å². The van der Waals surface area contributed by atoms with Crippen molar-refractivity contribution in [2.45, 2.75) is 19.1 Å². The van der Waals surface area contributed by atoms with Gasteiger partial charge in [0, 0.05) is 38.6 Å². The monoisotopic (exact) mass is 358 g/mol. The van der Waals surface area contributed by atoms with Crippen molar-refractivity contribution in [3.05, 3.63) is 45.6 Å². The summed E-state index contributed by atoms with van der Waals surface area (Å²) < 4.78 is 11.9. The average Bonchev–Trinajstić information content (AvgIpc) is 3.04. The molecule has 2 aromatic rings. The summed E-state index contributed by atoms with van der Waals surface area (Å²) in [4.78, 5) is 18.4. The number of carbonyl (C=O) groups is 1. The number of hydrogen-bond donors (Lipinski definition) is 0. The molecule has 0 unspecified atom stereocenters. The lowest BCUT2D eigenvalue weighted by Gasteiger charge is -2.33. The van der Waals surface area contributed by atoms with Gasteiger partial charge < -0.3 is 14.4 Å². The van der Waals surface area contributed by atoms with Crippen molar-refractivity contribution in [2.75, 3.05) is 33.8 Å². The number of benzene rings is 1. The number of fused-ring (bicyclic) bond motifs is 2. The van der Waals surface area contributed by atoms with Crippen LogP contribution in [0.25, 0.3) is 0 Å². The first-order chi connectivity index (χ1) is 12.1. The van der Waals surface area contributed by atoms with Crippen LogP contribution in [0.1, 0.15) is 20.1 Å². The molecule has 0 N–H and O–H groups in total. The van der Waals surface area contributed by atoms with E-state index in [0.29, 0.717) is 6.61 Å². The molecule has 0 spiro atoms.